The van der Waals surface area contributed by atoms with Gasteiger partial charge in [-0.05, 0) is 31.0 Å². The number of rotatable bonds is 4. The predicted octanol–water partition coefficient (Wildman–Crippen LogP) is 0.981. The maximum Gasteiger partial charge on any atom is 0.238 e. The molecule has 0 spiro atoms. The van der Waals surface area contributed by atoms with Crippen molar-refractivity contribution in [2.24, 2.45) is 5.14 Å². The minimum atomic E-state index is -4.02. The van der Waals surface area contributed by atoms with E-state index in [-0.39, 0.29) is 29.0 Å². The standard InChI is InChI=1S/C12H15FN2O4S/c13-8-4-9(6-11(5-8)20(14,17)18)15-12(16)7-10-2-1-3-19-10/h4-6,10H,1-3,7H2,(H,15,16)(H2,14,17,18). The monoisotopic (exact) mass is 302 g/mol. The zero-order chi connectivity index (χ0) is 14.8. The van der Waals surface area contributed by atoms with Gasteiger partial charge in [0, 0.05) is 12.3 Å². The Kier molecular flexibility index (Phi) is 4.36. The maximum absolute atomic E-state index is 13.3. The molecule has 110 valence electrons. The largest absolute Gasteiger partial charge is 0.378 e. The summed E-state index contributed by atoms with van der Waals surface area (Å²) in [7, 11) is -4.02. The summed E-state index contributed by atoms with van der Waals surface area (Å²) in [5.41, 5.74) is 0.0528. The number of ether oxygens (including phenoxy) is 1. The third-order valence-corrected chi connectivity index (χ3v) is 3.81. The molecule has 1 unspecified atom stereocenters. The summed E-state index contributed by atoms with van der Waals surface area (Å²) >= 11 is 0. The molecule has 0 saturated carbocycles. The first kappa shape index (κ1) is 14.9. The summed E-state index contributed by atoms with van der Waals surface area (Å²) in [6, 6.07) is 2.94. The van der Waals surface area contributed by atoms with Crippen molar-refractivity contribution in [3.8, 4) is 0 Å². The van der Waals surface area contributed by atoms with E-state index < -0.39 is 15.8 Å². The lowest BCUT2D eigenvalue weighted by Gasteiger charge is -2.10. The van der Waals surface area contributed by atoms with Crippen molar-refractivity contribution in [1.82, 2.24) is 0 Å². The minimum absolute atomic E-state index is 0.0528. The highest BCUT2D eigenvalue weighted by atomic mass is 32.2. The number of nitrogens with one attached hydrogen (secondary N) is 1. The lowest BCUT2D eigenvalue weighted by atomic mass is 10.2. The number of hydrogen-bond acceptors (Lipinski definition) is 4. The van der Waals surface area contributed by atoms with Crippen LogP contribution in [0.5, 0.6) is 0 Å². The van der Waals surface area contributed by atoms with Crippen molar-refractivity contribution in [3.05, 3.63) is 24.0 Å². The van der Waals surface area contributed by atoms with Crippen LogP contribution in [0.15, 0.2) is 23.1 Å². The number of hydrogen-bond donors (Lipinski definition) is 2. The van der Waals surface area contributed by atoms with E-state index in [1.165, 1.54) is 0 Å². The van der Waals surface area contributed by atoms with Gasteiger partial charge in [0.1, 0.15) is 5.82 Å². The topological polar surface area (TPSA) is 98.5 Å². The molecule has 1 saturated heterocycles. The van der Waals surface area contributed by atoms with Gasteiger partial charge in [0.15, 0.2) is 0 Å². The van der Waals surface area contributed by atoms with E-state index in [4.69, 9.17) is 9.88 Å². The lowest BCUT2D eigenvalue weighted by Crippen LogP contribution is -2.20. The van der Waals surface area contributed by atoms with Crippen LogP contribution in [0.4, 0.5) is 10.1 Å². The summed E-state index contributed by atoms with van der Waals surface area (Å²) < 4.78 is 41.0. The Morgan fingerprint density at radius 1 is 1.45 bits per heavy atom. The Morgan fingerprint density at radius 3 is 2.80 bits per heavy atom. The number of amides is 1. The van der Waals surface area contributed by atoms with Crippen LogP contribution in [-0.2, 0) is 19.6 Å². The molecule has 1 atom stereocenters. The van der Waals surface area contributed by atoms with E-state index >= 15 is 0 Å². The van der Waals surface area contributed by atoms with E-state index in [0.29, 0.717) is 6.61 Å². The van der Waals surface area contributed by atoms with Crippen LogP contribution >= 0.6 is 0 Å². The molecule has 3 N–H and O–H groups in total. The fourth-order valence-corrected chi connectivity index (χ4v) is 2.59. The highest BCUT2D eigenvalue weighted by Crippen LogP contribution is 2.19. The number of carbonyl (C=O) groups excluding carboxylic acids is 1. The number of anilines is 1. The molecule has 1 aliphatic heterocycles. The molecule has 8 heteroatoms. The zero-order valence-electron chi connectivity index (χ0n) is 10.6. The second-order valence-corrected chi connectivity index (χ2v) is 6.17. The van der Waals surface area contributed by atoms with Gasteiger partial charge < -0.3 is 10.1 Å². The molecule has 1 amide bonds. The van der Waals surface area contributed by atoms with Crippen LogP contribution in [0.3, 0.4) is 0 Å². The number of primary sulfonamides is 1. The molecular formula is C12H15FN2O4S. The quantitative estimate of drug-likeness (QED) is 0.866. The molecule has 0 aromatic heterocycles. The Balaban J connectivity index is 2.08. The summed E-state index contributed by atoms with van der Waals surface area (Å²) in [5.74, 6) is -1.15. The summed E-state index contributed by atoms with van der Waals surface area (Å²) in [5, 5.41) is 7.37. The van der Waals surface area contributed by atoms with Crippen LogP contribution in [0.2, 0.25) is 0 Å². The molecule has 1 heterocycles. The molecule has 1 aromatic rings. The van der Waals surface area contributed by atoms with E-state index in [1.54, 1.807) is 0 Å². The highest BCUT2D eigenvalue weighted by Gasteiger charge is 2.19. The Labute approximate surface area is 116 Å². The van der Waals surface area contributed by atoms with E-state index in [0.717, 1.165) is 31.0 Å². The normalized spacial score (nSPS) is 19.0. The molecule has 1 fully saturated rings. The average molecular weight is 302 g/mol. The molecule has 1 aliphatic rings. The van der Waals surface area contributed by atoms with Crippen LogP contribution in [0.25, 0.3) is 0 Å². The third-order valence-electron chi connectivity index (χ3n) is 2.92. The van der Waals surface area contributed by atoms with Gasteiger partial charge in [-0.2, -0.15) is 0 Å². The molecule has 1 aromatic carbocycles. The van der Waals surface area contributed by atoms with Gasteiger partial charge in [-0.1, -0.05) is 0 Å². The van der Waals surface area contributed by atoms with E-state index in [2.05, 4.69) is 5.32 Å². The van der Waals surface area contributed by atoms with E-state index in [1.807, 2.05) is 0 Å². The summed E-state index contributed by atoms with van der Waals surface area (Å²) in [6.07, 6.45) is 1.73. The van der Waals surface area contributed by atoms with Crippen molar-refractivity contribution < 1.29 is 22.3 Å². The second kappa shape index (κ2) is 5.86. The van der Waals surface area contributed by atoms with Gasteiger partial charge in [0.25, 0.3) is 0 Å². The Hall–Kier alpha value is -1.51. The molecule has 0 aliphatic carbocycles. The number of halogens is 1. The fourth-order valence-electron chi connectivity index (χ4n) is 2.02. The fraction of sp³-hybridized carbons (Fsp3) is 0.417. The first-order chi connectivity index (χ1) is 9.34. The second-order valence-electron chi connectivity index (χ2n) is 4.61. The molecule has 6 nitrogen and oxygen atoms in total. The lowest BCUT2D eigenvalue weighted by molar-refractivity contribution is -0.118. The zero-order valence-corrected chi connectivity index (χ0v) is 11.5. The van der Waals surface area contributed by atoms with E-state index in [9.17, 15) is 17.6 Å². The summed E-state index contributed by atoms with van der Waals surface area (Å²) in [6.45, 7) is 0.632. The predicted molar refractivity (Wildman–Crippen MR) is 70.0 cm³/mol. The van der Waals surface area contributed by atoms with Gasteiger partial charge in [-0.25, -0.2) is 17.9 Å². The molecule has 0 bridgehead atoms. The van der Waals surface area contributed by atoms with Crippen molar-refractivity contribution >= 4 is 21.6 Å². The van der Waals surface area contributed by atoms with Gasteiger partial charge in [0.2, 0.25) is 15.9 Å². The first-order valence-corrected chi connectivity index (χ1v) is 7.64. The smallest absolute Gasteiger partial charge is 0.238 e. The number of carbonyl (C=O) groups is 1. The van der Waals surface area contributed by atoms with Crippen LogP contribution in [-0.4, -0.2) is 27.0 Å². The molecule has 20 heavy (non-hydrogen) atoms. The van der Waals surface area contributed by atoms with Crippen molar-refractivity contribution in [2.75, 3.05) is 11.9 Å². The summed E-state index contributed by atoms with van der Waals surface area (Å²) in [4.78, 5) is 11.4. The SMILES string of the molecule is NS(=O)(=O)c1cc(F)cc(NC(=O)CC2CCCO2)c1. The van der Waals surface area contributed by atoms with Crippen molar-refractivity contribution in [1.29, 1.82) is 0 Å². The van der Waals surface area contributed by atoms with Gasteiger partial charge in [-0.15, -0.1) is 0 Å². The first-order valence-electron chi connectivity index (χ1n) is 6.09. The molecule has 0 radical (unpaired) electrons. The van der Waals surface area contributed by atoms with Crippen molar-refractivity contribution in [2.45, 2.75) is 30.3 Å². The van der Waals surface area contributed by atoms with Crippen LogP contribution in [0, 0.1) is 5.82 Å². The maximum atomic E-state index is 13.3. The average Bonchev–Trinajstić information content (AvgIpc) is 2.79. The van der Waals surface area contributed by atoms with Crippen molar-refractivity contribution in [3.63, 3.8) is 0 Å². The van der Waals surface area contributed by atoms with Gasteiger partial charge >= 0.3 is 0 Å². The van der Waals surface area contributed by atoms with Crippen LogP contribution in [0.1, 0.15) is 19.3 Å². The Morgan fingerprint density at radius 2 is 2.20 bits per heavy atom. The molecular weight excluding hydrogens is 287 g/mol. The van der Waals surface area contributed by atoms with Crippen LogP contribution < -0.4 is 10.5 Å². The van der Waals surface area contributed by atoms with Gasteiger partial charge in [-0.3, -0.25) is 4.79 Å². The number of benzene rings is 1. The molecule has 2 rings (SSSR count). The minimum Gasteiger partial charge on any atom is -0.378 e. The third kappa shape index (κ3) is 3.99. The highest BCUT2D eigenvalue weighted by molar-refractivity contribution is 7.89. The number of nitrogens with two attached hydrogens (primary N) is 1. The Bertz CT molecular complexity index is 612. The van der Waals surface area contributed by atoms with Gasteiger partial charge in [0.05, 0.1) is 17.4 Å². The number of sulfonamides is 1.